The molecule has 0 aliphatic heterocycles. The van der Waals surface area contributed by atoms with E-state index < -0.39 is 32.5 Å². The van der Waals surface area contributed by atoms with Crippen LogP contribution >= 0.6 is 7.82 Å². The van der Waals surface area contributed by atoms with Crippen molar-refractivity contribution in [3.05, 3.63) is 170 Å². The van der Waals surface area contributed by atoms with Crippen molar-refractivity contribution >= 4 is 19.8 Å². The number of hydrogen-bond donors (Lipinski definition) is 0. The van der Waals surface area contributed by atoms with Gasteiger partial charge in [-0.15, -0.1) is 0 Å². The summed E-state index contributed by atoms with van der Waals surface area (Å²) in [5, 5.41) is 0. The van der Waals surface area contributed by atoms with E-state index in [1.165, 1.54) is 32.1 Å². The van der Waals surface area contributed by atoms with Crippen LogP contribution in [0.5, 0.6) is 0 Å². The number of carbonyl (C=O) groups excluding carboxylic acids is 2. The van der Waals surface area contributed by atoms with E-state index in [9.17, 15) is 19.0 Å². The fourth-order valence-electron chi connectivity index (χ4n) is 7.91. The number of nitrogens with zero attached hydrogens (tertiary/aromatic N) is 1. The van der Waals surface area contributed by atoms with Crippen molar-refractivity contribution in [1.29, 1.82) is 0 Å². The van der Waals surface area contributed by atoms with E-state index in [4.69, 9.17) is 18.5 Å². The third-order valence-corrected chi connectivity index (χ3v) is 13.7. The van der Waals surface area contributed by atoms with Gasteiger partial charge in [0.2, 0.25) is 0 Å². The predicted octanol–water partition coefficient (Wildman–Crippen LogP) is 20.0. The summed E-state index contributed by atoms with van der Waals surface area (Å²) in [5.74, 6) is -0.870. The minimum absolute atomic E-state index is 0.0440. The molecule has 2 atom stereocenters. The molecule has 0 saturated heterocycles. The van der Waals surface area contributed by atoms with E-state index in [0.29, 0.717) is 23.9 Å². The van der Waals surface area contributed by atoms with E-state index >= 15 is 0 Å². The second-order valence-electron chi connectivity index (χ2n) is 21.7. The second kappa shape index (κ2) is 60.9. The molecule has 0 aliphatic carbocycles. The maximum Gasteiger partial charge on any atom is 0.306 e. The lowest BCUT2D eigenvalue weighted by molar-refractivity contribution is -0.870. The largest absolute Gasteiger partial charge is 0.756 e. The summed E-state index contributed by atoms with van der Waals surface area (Å²) < 4.78 is 34.1. The Bertz CT molecular complexity index is 1990. The van der Waals surface area contributed by atoms with Gasteiger partial charge in [-0.3, -0.25) is 14.2 Å². The number of carbonyl (C=O) groups is 2. The Balaban J connectivity index is 4.16. The minimum atomic E-state index is -4.65. The lowest BCUT2D eigenvalue weighted by Gasteiger charge is -2.28. The first-order valence-corrected chi connectivity index (χ1v) is 33.3. The van der Waals surface area contributed by atoms with Crippen molar-refractivity contribution in [2.75, 3.05) is 47.5 Å². The van der Waals surface area contributed by atoms with Crippen LogP contribution in [0.25, 0.3) is 0 Å². The van der Waals surface area contributed by atoms with E-state index in [2.05, 4.69) is 184 Å². The first kappa shape index (κ1) is 77.4. The molecule has 0 saturated carbocycles. The molecule has 82 heavy (non-hydrogen) atoms. The summed E-state index contributed by atoms with van der Waals surface area (Å²) in [5.41, 5.74) is 0. The van der Waals surface area contributed by atoms with Crippen LogP contribution in [-0.4, -0.2) is 70.0 Å². The average molecular weight is 1150 g/mol. The van der Waals surface area contributed by atoms with Gasteiger partial charge in [-0.1, -0.05) is 248 Å². The maximum absolute atomic E-state index is 12.8. The van der Waals surface area contributed by atoms with Crippen LogP contribution < -0.4 is 4.89 Å². The Morgan fingerprint density at radius 3 is 0.976 bits per heavy atom. The van der Waals surface area contributed by atoms with E-state index in [1.807, 2.05) is 21.1 Å². The SMILES string of the molecule is CC/C=C\C/C=C\C/C=C\C/C=C\C/C=C\C/C=C\C/C=C\C/C=C\C/C=C\C/C=C\C/C=C\CCCCCCCCCC(=O)OC(COC(=O)CCCCCCCCC/C=C\C/C=C\C/C=C\CC)COP(=O)([O-])OCC[N+](C)(C)C. The molecule has 0 bridgehead atoms. The zero-order valence-corrected chi connectivity index (χ0v) is 53.3. The third kappa shape index (κ3) is 64.5. The number of phosphoric acid groups is 1. The number of phosphoric ester groups is 1. The molecule has 0 spiro atoms. The fourth-order valence-corrected chi connectivity index (χ4v) is 8.64. The van der Waals surface area contributed by atoms with Gasteiger partial charge in [0.25, 0.3) is 7.82 Å². The summed E-state index contributed by atoms with van der Waals surface area (Å²) >= 11 is 0. The number of ether oxygens (including phenoxy) is 2. The quantitative estimate of drug-likeness (QED) is 0.0195. The highest BCUT2D eigenvalue weighted by molar-refractivity contribution is 7.45. The molecule has 0 aromatic carbocycles. The van der Waals surface area contributed by atoms with Crippen LogP contribution in [-0.2, 0) is 32.7 Å². The standard InChI is InChI=1S/C72H116NO8P/c1-6-8-10-12-14-16-18-20-22-24-25-26-27-28-29-30-31-32-33-34-35-36-37-38-39-40-41-42-43-44-45-46-47-49-51-53-55-57-59-61-63-65-72(75)81-70(69-80-82(76,77)79-67-66-73(3,4)5)68-78-71(74)64-62-60-58-56-54-52-50-48-23-21-19-17-15-13-11-9-7-2/h8-11,14-17,20-23,25-26,28-29,31-32,34-35,37-38,40-41,43-44,46-47,70H,6-7,12-13,18-19,24,27,30,33,36,39,42,45,48-69H2,1-5H3/b10-8-,11-9-,16-14-,17-15-,22-20-,23-21-,26-25-,29-28-,32-31-,35-34-,38-37-,41-40-,44-43-,47-46-. The molecule has 0 N–H and O–H groups in total. The second-order valence-corrected chi connectivity index (χ2v) is 23.1. The molecule has 0 aromatic heterocycles. The first-order valence-electron chi connectivity index (χ1n) is 31.8. The van der Waals surface area contributed by atoms with Gasteiger partial charge < -0.3 is 27.9 Å². The zero-order valence-electron chi connectivity index (χ0n) is 52.4. The van der Waals surface area contributed by atoms with Gasteiger partial charge in [-0.05, 0) is 128 Å². The normalized spacial score (nSPS) is 14.4. The number of likely N-dealkylation sites (N-methyl/N-ethyl adjacent to an activating group) is 1. The average Bonchev–Trinajstić information content (AvgIpc) is 3.45. The Morgan fingerprint density at radius 1 is 0.378 bits per heavy atom. The highest BCUT2D eigenvalue weighted by atomic mass is 31.2. The molecule has 10 heteroatoms. The van der Waals surface area contributed by atoms with Crippen LogP contribution in [0, 0.1) is 0 Å². The van der Waals surface area contributed by atoms with Crippen molar-refractivity contribution in [3.63, 3.8) is 0 Å². The van der Waals surface area contributed by atoms with Gasteiger partial charge in [0.05, 0.1) is 27.7 Å². The van der Waals surface area contributed by atoms with Gasteiger partial charge in [-0.25, -0.2) is 0 Å². The molecule has 9 nitrogen and oxygen atoms in total. The van der Waals surface area contributed by atoms with Gasteiger partial charge >= 0.3 is 11.9 Å². The van der Waals surface area contributed by atoms with Crippen molar-refractivity contribution < 1.29 is 42.1 Å². The highest BCUT2D eigenvalue weighted by Crippen LogP contribution is 2.38. The fraction of sp³-hybridized carbons (Fsp3) is 0.583. The van der Waals surface area contributed by atoms with E-state index in [-0.39, 0.29) is 26.1 Å². The maximum atomic E-state index is 12.8. The van der Waals surface area contributed by atoms with Crippen LogP contribution in [0.4, 0.5) is 0 Å². The monoisotopic (exact) mass is 1150 g/mol. The Labute approximate surface area is 502 Å². The van der Waals surface area contributed by atoms with Gasteiger partial charge in [0.15, 0.2) is 6.10 Å². The van der Waals surface area contributed by atoms with Crippen LogP contribution in [0.15, 0.2) is 170 Å². The van der Waals surface area contributed by atoms with Crippen LogP contribution in [0.3, 0.4) is 0 Å². The number of quaternary nitrogens is 1. The highest BCUT2D eigenvalue weighted by Gasteiger charge is 2.22. The number of unbranched alkanes of at least 4 members (excludes halogenated alkanes) is 14. The van der Waals surface area contributed by atoms with Crippen molar-refractivity contribution in [1.82, 2.24) is 0 Å². The number of esters is 2. The summed E-state index contributed by atoms with van der Waals surface area (Å²) in [6.45, 7) is 3.96. The Kier molecular flexibility index (Phi) is 57.5. The lowest BCUT2D eigenvalue weighted by Crippen LogP contribution is -2.37. The van der Waals surface area contributed by atoms with Gasteiger partial charge in [-0.2, -0.15) is 0 Å². The molecule has 0 aliphatic rings. The Hall–Kier alpha value is -4.63. The van der Waals surface area contributed by atoms with Crippen LogP contribution in [0.2, 0.25) is 0 Å². The molecule has 0 aromatic rings. The first-order chi connectivity index (χ1) is 40.0. The van der Waals surface area contributed by atoms with Gasteiger partial charge in [0, 0.05) is 12.8 Å². The molecule has 0 heterocycles. The Morgan fingerprint density at radius 2 is 0.659 bits per heavy atom. The number of hydrogen-bond acceptors (Lipinski definition) is 8. The number of rotatable bonds is 56. The van der Waals surface area contributed by atoms with Crippen molar-refractivity contribution in [2.24, 2.45) is 0 Å². The van der Waals surface area contributed by atoms with Gasteiger partial charge in [0.1, 0.15) is 19.8 Å². The molecular formula is C72H116NO8P. The topological polar surface area (TPSA) is 111 Å². The molecule has 0 fully saturated rings. The third-order valence-electron chi connectivity index (χ3n) is 12.7. The lowest BCUT2D eigenvalue weighted by atomic mass is 10.1. The predicted molar refractivity (Wildman–Crippen MR) is 350 cm³/mol. The molecule has 0 radical (unpaired) electrons. The van der Waals surface area contributed by atoms with E-state index in [0.717, 1.165) is 148 Å². The van der Waals surface area contributed by atoms with Crippen molar-refractivity contribution in [2.45, 2.75) is 225 Å². The van der Waals surface area contributed by atoms with Crippen molar-refractivity contribution in [3.8, 4) is 0 Å². The summed E-state index contributed by atoms with van der Waals surface area (Å²) in [7, 11) is 1.13. The van der Waals surface area contributed by atoms with E-state index in [1.54, 1.807) is 0 Å². The molecule has 2 unspecified atom stereocenters. The zero-order chi connectivity index (χ0) is 59.8. The summed E-state index contributed by atoms with van der Waals surface area (Å²) in [6, 6.07) is 0. The number of allylic oxidation sites excluding steroid dienone is 28. The summed E-state index contributed by atoms with van der Waals surface area (Å²) in [4.78, 5) is 37.9. The molecular weight excluding hydrogens is 1040 g/mol. The smallest absolute Gasteiger partial charge is 0.306 e. The molecule has 0 rings (SSSR count). The minimum Gasteiger partial charge on any atom is -0.756 e. The van der Waals surface area contributed by atoms with Crippen LogP contribution in [0.1, 0.15) is 219 Å². The molecule has 462 valence electrons. The summed E-state index contributed by atoms with van der Waals surface area (Å²) in [6.07, 6.45) is 92.7. The molecule has 0 amide bonds.